The molecule has 0 saturated carbocycles. The number of carbonyl (C=O) groups excluding carboxylic acids is 2. The molecule has 1 aliphatic heterocycles. The van der Waals surface area contributed by atoms with Crippen LogP contribution in [0.1, 0.15) is 18.5 Å². The van der Waals surface area contributed by atoms with Crippen LogP contribution in [-0.4, -0.2) is 23.7 Å². The molecule has 8 nitrogen and oxygen atoms in total. The molecule has 8 heteroatoms. The normalized spacial score (nSPS) is 18.6. The Morgan fingerprint density at radius 2 is 1.85 bits per heavy atom. The van der Waals surface area contributed by atoms with Crippen molar-refractivity contribution in [2.24, 2.45) is 5.73 Å². The molecule has 0 radical (unpaired) electrons. The van der Waals surface area contributed by atoms with E-state index in [2.05, 4.69) is 0 Å². The van der Waals surface area contributed by atoms with Crippen molar-refractivity contribution in [2.75, 3.05) is 12.0 Å². The Morgan fingerprint density at radius 3 is 2.41 bits per heavy atom. The Kier molecular flexibility index (Phi) is 4.64. The summed E-state index contributed by atoms with van der Waals surface area (Å²) in [5, 5.41) is 11.1. The predicted octanol–water partition coefficient (Wildman–Crippen LogP) is 2.49. The first-order valence-corrected chi connectivity index (χ1v) is 8.07. The lowest BCUT2D eigenvalue weighted by molar-refractivity contribution is -0.384. The van der Waals surface area contributed by atoms with Crippen LogP contribution < -0.4 is 15.4 Å². The topological polar surface area (TPSA) is 116 Å². The second-order valence-corrected chi connectivity index (χ2v) is 6.05. The first kappa shape index (κ1) is 18.1. The minimum Gasteiger partial charge on any atom is -0.497 e. The van der Waals surface area contributed by atoms with Gasteiger partial charge in [-0.3, -0.25) is 24.6 Å². The van der Waals surface area contributed by atoms with Crippen LogP contribution in [0.4, 0.5) is 11.4 Å². The van der Waals surface area contributed by atoms with Gasteiger partial charge in [0.1, 0.15) is 5.75 Å². The number of hydrogen-bond acceptors (Lipinski definition) is 6. The van der Waals surface area contributed by atoms with Gasteiger partial charge in [-0.25, -0.2) is 0 Å². The van der Waals surface area contributed by atoms with Crippen molar-refractivity contribution in [3.05, 3.63) is 75.5 Å². The maximum absolute atomic E-state index is 12.7. The average Bonchev–Trinajstić information content (AvgIpc) is 2.93. The van der Waals surface area contributed by atoms with E-state index in [0.717, 1.165) is 0 Å². The van der Waals surface area contributed by atoms with E-state index in [-0.39, 0.29) is 17.0 Å². The van der Waals surface area contributed by atoms with Gasteiger partial charge in [-0.05, 0) is 36.8 Å². The molecule has 1 fully saturated rings. The zero-order valence-electron chi connectivity index (χ0n) is 14.7. The third kappa shape index (κ3) is 3.12. The highest BCUT2D eigenvalue weighted by Gasteiger charge is 2.45. The number of ether oxygens (including phenoxy) is 1. The van der Waals surface area contributed by atoms with Crippen LogP contribution >= 0.6 is 0 Å². The molecule has 2 aromatic carbocycles. The van der Waals surface area contributed by atoms with Gasteiger partial charge in [0.25, 0.3) is 17.4 Å². The third-order valence-electron chi connectivity index (χ3n) is 4.36. The van der Waals surface area contributed by atoms with Crippen molar-refractivity contribution >= 4 is 23.1 Å². The molecule has 0 bridgehead atoms. The highest BCUT2D eigenvalue weighted by atomic mass is 16.6. The molecule has 1 heterocycles. The van der Waals surface area contributed by atoms with Crippen LogP contribution in [0.25, 0.3) is 0 Å². The van der Waals surface area contributed by atoms with Crippen LogP contribution in [0.5, 0.6) is 5.75 Å². The summed E-state index contributed by atoms with van der Waals surface area (Å²) in [6.45, 7) is 1.53. The number of allylic oxidation sites excluding steroid dienone is 1. The van der Waals surface area contributed by atoms with Gasteiger partial charge in [0.2, 0.25) is 0 Å². The zero-order valence-corrected chi connectivity index (χ0v) is 14.7. The van der Waals surface area contributed by atoms with E-state index < -0.39 is 22.7 Å². The number of anilines is 1. The van der Waals surface area contributed by atoms with Crippen molar-refractivity contribution in [1.29, 1.82) is 0 Å². The Labute approximate surface area is 155 Å². The molecule has 27 heavy (non-hydrogen) atoms. The number of nitro groups is 1. The molecule has 1 aliphatic rings. The van der Waals surface area contributed by atoms with Gasteiger partial charge >= 0.3 is 0 Å². The number of carbonyl (C=O) groups is 2. The summed E-state index contributed by atoms with van der Waals surface area (Å²) in [6, 6.07) is 11.6. The minimum absolute atomic E-state index is 0.122. The number of methoxy groups -OCH3 is 1. The SMILES string of the molecule is COc1ccc(N2C(=O)C(=O)/C(=C(\C)N)[C@H]2c2cccc([N+](=O)[O-])c2)cc1. The van der Waals surface area contributed by atoms with Gasteiger partial charge in [0.15, 0.2) is 0 Å². The van der Waals surface area contributed by atoms with Crippen molar-refractivity contribution in [3.63, 3.8) is 0 Å². The van der Waals surface area contributed by atoms with Crippen LogP contribution in [0.15, 0.2) is 59.8 Å². The predicted molar refractivity (Wildman–Crippen MR) is 98.2 cm³/mol. The molecule has 3 rings (SSSR count). The summed E-state index contributed by atoms with van der Waals surface area (Å²) in [7, 11) is 1.52. The van der Waals surface area contributed by atoms with Crippen molar-refractivity contribution in [2.45, 2.75) is 13.0 Å². The molecule has 0 aromatic heterocycles. The number of benzene rings is 2. The number of hydrogen-bond donors (Lipinski definition) is 1. The van der Waals surface area contributed by atoms with Crippen LogP contribution in [0.2, 0.25) is 0 Å². The second-order valence-electron chi connectivity index (χ2n) is 6.05. The highest BCUT2D eigenvalue weighted by molar-refractivity contribution is 6.50. The number of nitrogens with two attached hydrogens (primary N) is 1. The average molecular weight is 367 g/mol. The molecule has 138 valence electrons. The van der Waals surface area contributed by atoms with Gasteiger partial charge in [-0.2, -0.15) is 0 Å². The van der Waals surface area contributed by atoms with Crippen LogP contribution in [-0.2, 0) is 9.59 Å². The number of ketones is 1. The standard InChI is InChI=1S/C19H17N3O5/c1-11(20)16-17(12-4-3-5-14(10-12)22(25)26)21(19(24)18(16)23)13-6-8-15(27-2)9-7-13/h3-10,17H,20H2,1-2H3/b16-11+/t17-/m1/s1. The van der Waals surface area contributed by atoms with E-state index in [1.165, 1.54) is 37.1 Å². The number of nitro benzene ring substituents is 1. The lowest BCUT2D eigenvalue weighted by Crippen LogP contribution is -2.29. The van der Waals surface area contributed by atoms with E-state index in [4.69, 9.17) is 10.5 Å². The van der Waals surface area contributed by atoms with E-state index in [1.54, 1.807) is 30.3 Å². The summed E-state index contributed by atoms with van der Waals surface area (Å²) < 4.78 is 5.12. The summed E-state index contributed by atoms with van der Waals surface area (Å²) in [6.07, 6.45) is 0. The fourth-order valence-electron chi connectivity index (χ4n) is 3.12. The van der Waals surface area contributed by atoms with Gasteiger partial charge in [0.05, 0.1) is 23.6 Å². The van der Waals surface area contributed by atoms with Gasteiger partial charge in [-0.15, -0.1) is 0 Å². The Bertz CT molecular complexity index is 962. The van der Waals surface area contributed by atoms with Gasteiger partial charge < -0.3 is 10.5 Å². The smallest absolute Gasteiger partial charge is 0.300 e. The summed E-state index contributed by atoms with van der Waals surface area (Å²) in [5.41, 5.74) is 6.96. The number of nitrogens with zero attached hydrogens (tertiary/aromatic N) is 2. The molecular weight excluding hydrogens is 350 g/mol. The molecule has 0 aliphatic carbocycles. The molecular formula is C19H17N3O5. The molecule has 1 amide bonds. The van der Waals surface area contributed by atoms with Crippen molar-refractivity contribution < 1.29 is 19.2 Å². The monoisotopic (exact) mass is 367 g/mol. The van der Waals surface area contributed by atoms with E-state index in [9.17, 15) is 19.7 Å². The number of rotatable bonds is 4. The van der Waals surface area contributed by atoms with Crippen LogP contribution in [0.3, 0.4) is 0 Å². The molecule has 0 spiro atoms. The highest BCUT2D eigenvalue weighted by Crippen LogP contribution is 2.41. The first-order chi connectivity index (χ1) is 12.8. The minimum atomic E-state index is -0.844. The van der Waals surface area contributed by atoms with E-state index in [0.29, 0.717) is 17.0 Å². The van der Waals surface area contributed by atoms with Crippen LogP contribution in [0, 0.1) is 10.1 Å². The van der Waals surface area contributed by atoms with Crippen molar-refractivity contribution in [1.82, 2.24) is 0 Å². The summed E-state index contributed by atoms with van der Waals surface area (Å²) in [4.78, 5) is 37.2. The summed E-state index contributed by atoms with van der Waals surface area (Å²) in [5.74, 6) is -0.867. The molecule has 2 aromatic rings. The molecule has 1 saturated heterocycles. The number of Topliss-reactive ketones (excluding diaryl/α,β-unsaturated/α-hetero) is 1. The number of amides is 1. The third-order valence-corrected chi connectivity index (χ3v) is 4.36. The van der Waals surface area contributed by atoms with Crippen molar-refractivity contribution in [3.8, 4) is 5.75 Å². The zero-order chi connectivity index (χ0) is 19.7. The fourth-order valence-corrected chi connectivity index (χ4v) is 3.12. The molecule has 0 unspecified atom stereocenters. The second kappa shape index (κ2) is 6.91. The maximum atomic E-state index is 12.7. The maximum Gasteiger partial charge on any atom is 0.300 e. The molecule has 1 atom stereocenters. The molecule has 2 N–H and O–H groups in total. The Morgan fingerprint density at radius 1 is 1.19 bits per heavy atom. The number of non-ortho nitro benzene ring substituents is 1. The fraction of sp³-hybridized carbons (Fsp3) is 0.158. The first-order valence-electron chi connectivity index (χ1n) is 8.07. The van der Waals surface area contributed by atoms with E-state index >= 15 is 0 Å². The summed E-state index contributed by atoms with van der Waals surface area (Å²) >= 11 is 0. The van der Waals surface area contributed by atoms with Gasteiger partial charge in [-0.1, -0.05) is 12.1 Å². The van der Waals surface area contributed by atoms with E-state index in [1.807, 2.05) is 0 Å². The Balaban J connectivity index is 2.19. The lowest BCUT2D eigenvalue weighted by atomic mass is 9.96. The Hall–Kier alpha value is -3.68. The van der Waals surface area contributed by atoms with Gasteiger partial charge in [0, 0.05) is 23.5 Å². The lowest BCUT2D eigenvalue weighted by Gasteiger charge is -2.25. The quantitative estimate of drug-likeness (QED) is 0.384. The largest absolute Gasteiger partial charge is 0.497 e.